The minimum absolute atomic E-state index is 0.0299. The predicted molar refractivity (Wildman–Crippen MR) is 115 cm³/mol. The van der Waals surface area contributed by atoms with Crippen molar-refractivity contribution in [3.8, 4) is 0 Å². The van der Waals surface area contributed by atoms with E-state index in [0.29, 0.717) is 28.9 Å². The summed E-state index contributed by atoms with van der Waals surface area (Å²) in [5.74, 6) is 0.565. The van der Waals surface area contributed by atoms with Crippen molar-refractivity contribution in [2.45, 2.75) is 75.4 Å². The molecule has 4 rings (SSSR count). The van der Waals surface area contributed by atoms with E-state index in [9.17, 15) is 9.59 Å². The monoisotopic (exact) mass is 413 g/mol. The molecular weight excluding hydrogens is 386 g/mol. The first kappa shape index (κ1) is 19.9. The van der Waals surface area contributed by atoms with Crippen molar-refractivity contribution in [1.29, 1.82) is 0 Å². The van der Waals surface area contributed by atoms with Crippen molar-refractivity contribution in [3.63, 3.8) is 0 Å². The molecule has 1 atom stereocenters. The number of benzene rings is 1. The standard InChI is InChI=1S/C21H27N5O2S/c1-3-4-13-25-19(28)16-11-7-8-12-17(16)26-20(25)23-24-21(26)29-14(2)18(27)22-15-9-5-6-10-15/h7-8,11-12,14-15H,3-6,9-10,13H2,1-2H3,(H,22,27)/t14-/m1/s1. The second-order valence-electron chi connectivity index (χ2n) is 7.70. The van der Waals surface area contributed by atoms with Gasteiger partial charge in [-0.25, -0.2) is 0 Å². The molecule has 1 amide bonds. The molecule has 0 saturated heterocycles. The summed E-state index contributed by atoms with van der Waals surface area (Å²) in [6, 6.07) is 7.81. The summed E-state index contributed by atoms with van der Waals surface area (Å²) < 4.78 is 3.61. The molecule has 0 unspecified atom stereocenters. The Morgan fingerprint density at radius 1 is 1.28 bits per heavy atom. The maximum absolute atomic E-state index is 13.0. The molecule has 0 bridgehead atoms. The lowest BCUT2D eigenvalue weighted by Gasteiger charge is -2.16. The zero-order valence-electron chi connectivity index (χ0n) is 16.9. The average molecular weight is 414 g/mol. The van der Waals surface area contributed by atoms with Crippen LogP contribution in [0.1, 0.15) is 52.4 Å². The van der Waals surface area contributed by atoms with E-state index in [1.807, 2.05) is 35.6 Å². The number of unbranched alkanes of at least 4 members (excludes halogenated alkanes) is 1. The Kier molecular flexibility index (Phi) is 5.89. The van der Waals surface area contributed by atoms with Crippen LogP contribution in [0, 0.1) is 0 Å². The molecule has 1 fully saturated rings. The Bertz CT molecular complexity index is 1080. The number of aryl methyl sites for hydroxylation is 1. The van der Waals surface area contributed by atoms with Crippen molar-refractivity contribution in [2.24, 2.45) is 0 Å². The number of aromatic nitrogens is 4. The van der Waals surface area contributed by atoms with Crippen molar-refractivity contribution >= 4 is 34.3 Å². The number of para-hydroxylation sites is 1. The highest BCUT2D eigenvalue weighted by atomic mass is 32.2. The fraction of sp³-hybridized carbons (Fsp3) is 0.524. The Morgan fingerprint density at radius 3 is 2.79 bits per heavy atom. The largest absolute Gasteiger partial charge is 0.352 e. The molecule has 1 N–H and O–H groups in total. The molecular formula is C21H27N5O2S. The van der Waals surface area contributed by atoms with Crippen molar-refractivity contribution < 1.29 is 4.79 Å². The molecule has 2 aromatic heterocycles. The van der Waals surface area contributed by atoms with E-state index in [-0.39, 0.29) is 16.7 Å². The minimum atomic E-state index is -0.294. The smallest absolute Gasteiger partial charge is 0.262 e. The zero-order chi connectivity index (χ0) is 20.4. The molecule has 29 heavy (non-hydrogen) atoms. The number of fused-ring (bicyclic) bond motifs is 3. The number of amides is 1. The fourth-order valence-electron chi connectivity index (χ4n) is 3.93. The third-order valence-corrected chi connectivity index (χ3v) is 6.61. The molecule has 154 valence electrons. The van der Waals surface area contributed by atoms with Crippen LogP contribution >= 0.6 is 11.8 Å². The second kappa shape index (κ2) is 8.57. The summed E-state index contributed by atoms with van der Waals surface area (Å²) in [7, 11) is 0. The molecule has 0 aliphatic heterocycles. The lowest BCUT2D eigenvalue weighted by Crippen LogP contribution is -2.37. The number of nitrogens with zero attached hydrogens (tertiary/aromatic N) is 4. The summed E-state index contributed by atoms with van der Waals surface area (Å²) in [5, 5.41) is 12.8. The zero-order valence-corrected chi connectivity index (χ0v) is 17.7. The van der Waals surface area contributed by atoms with E-state index in [4.69, 9.17) is 0 Å². The Balaban J connectivity index is 1.70. The molecule has 1 aromatic carbocycles. The number of thioether (sulfide) groups is 1. The van der Waals surface area contributed by atoms with Gasteiger partial charge in [0.05, 0.1) is 16.2 Å². The molecule has 1 saturated carbocycles. The molecule has 0 radical (unpaired) electrons. The van der Waals surface area contributed by atoms with Crippen LogP contribution in [0.2, 0.25) is 0 Å². The van der Waals surface area contributed by atoms with E-state index >= 15 is 0 Å². The molecule has 1 aliphatic rings. The number of carbonyl (C=O) groups is 1. The van der Waals surface area contributed by atoms with Crippen LogP contribution in [-0.2, 0) is 11.3 Å². The average Bonchev–Trinajstić information content (AvgIpc) is 3.38. The highest BCUT2D eigenvalue weighted by Gasteiger charge is 2.24. The van der Waals surface area contributed by atoms with Crippen molar-refractivity contribution in [3.05, 3.63) is 34.6 Å². The summed E-state index contributed by atoms with van der Waals surface area (Å²) >= 11 is 1.39. The number of rotatable bonds is 7. The lowest BCUT2D eigenvalue weighted by atomic mass is 10.2. The predicted octanol–water partition coefficient (Wildman–Crippen LogP) is 3.38. The van der Waals surface area contributed by atoms with Crippen molar-refractivity contribution in [1.82, 2.24) is 24.5 Å². The molecule has 1 aliphatic carbocycles. The van der Waals surface area contributed by atoms with E-state index in [0.717, 1.165) is 31.2 Å². The highest BCUT2D eigenvalue weighted by molar-refractivity contribution is 8.00. The SMILES string of the molecule is CCCCn1c(=O)c2ccccc2n2c(S[C@H](C)C(=O)NC3CCCC3)nnc12. The van der Waals surface area contributed by atoms with Crippen LogP contribution in [0.5, 0.6) is 0 Å². The summed E-state index contributed by atoms with van der Waals surface area (Å²) in [6.45, 7) is 4.59. The summed E-state index contributed by atoms with van der Waals surface area (Å²) in [5.41, 5.74) is 0.730. The van der Waals surface area contributed by atoms with Crippen LogP contribution in [0.15, 0.2) is 34.2 Å². The third-order valence-electron chi connectivity index (χ3n) is 5.57. The van der Waals surface area contributed by atoms with Gasteiger partial charge >= 0.3 is 0 Å². The molecule has 7 nitrogen and oxygen atoms in total. The second-order valence-corrected chi connectivity index (χ2v) is 9.00. The number of carbonyl (C=O) groups excluding carboxylic acids is 1. The van der Waals surface area contributed by atoms with Crippen LogP contribution in [0.4, 0.5) is 0 Å². The first-order chi connectivity index (χ1) is 14.1. The van der Waals surface area contributed by atoms with Gasteiger partial charge in [-0.3, -0.25) is 18.6 Å². The maximum atomic E-state index is 13.0. The van der Waals surface area contributed by atoms with Gasteiger partial charge in [-0.05, 0) is 38.3 Å². The number of hydrogen-bond acceptors (Lipinski definition) is 5. The van der Waals surface area contributed by atoms with Gasteiger partial charge in [-0.1, -0.05) is 50.1 Å². The van der Waals surface area contributed by atoms with Gasteiger partial charge in [0, 0.05) is 12.6 Å². The van der Waals surface area contributed by atoms with Crippen LogP contribution in [0.25, 0.3) is 16.7 Å². The van der Waals surface area contributed by atoms with Gasteiger partial charge in [-0.15, -0.1) is 10.2 Å². The Hall–Kier alpha value is -2.35. The van der Waals surface area contributed by atoms with Gasteiger partial charge in [0.1, 0.15) is 0 Å². The Labute approximate surface area is 173 Å². The van der Waals surface area contributed by atoms with Crippen molar-refractivity contribution in [2.75, 3.05) is 0 Å². The van der Waals surface area contributed by atoms with Gasteiger partial charge in [0.2, 0.25) is 11.7 Å². The van der Waals surface area contributed by atoms with Gasteiger partial charge in [0.15, 0.2) is 5.16 Å². The first-order valence-corrected chi connectivity index (χ1v) is 11.3. The normalized spacial score (nSPS) is 15.9. The van der Waals surface area contributed by atoms with Crippen LogP contribution in [-0.4, -0.2) is 36.4 Å². The maximum Gasteiger partial charge on any atom is 0.262 e. The molecule has 8 heteroatoms. The quantitative estimate of drug-likeness (QED) is 0.601. The van der Waals surface area contributed by atoms with E-state index in [1.165, 1.54) is 24.6 Å². The number of hydrogen-bond donors (Lipinski definition) is 1. The molecule has 0 spiro atoms. The number of nitrogens with one attached hydrogen (secondary N) is 1. The van der Waals surface area contributed by atoms with Gasteiger partial charge in [-0.2, -0.15) is 0 Å². The van der Waals surface area contributed by atoms with E-state index < -0.39 is 0 Å². The van der Waals surface area contributed by atoms with Crippen LogP contribution < -0.4 is 10.9 Å². The van der Waals surface area contributed by atoms with E-state index in [1.54, 1.807) is 4.57 Å². The van der Waals surface area contributed by atoms with Crippen LogP contribution in [0.3, 0.4) is 0 Å². The summed E-state index contributed by atoms with van der Waals surface area (Å²) in [4.78, 5) is 25.6. The molecule has 2 heterocycles. The fourth-order valence-corrected chi connectivity index (χ4v) is 4.79. The lowest BCUT2D eigenvalue weighted by molar-refractivity contribution is -0.120. The Morgan fingerprint density at radius 2 is 2.03 bits per heavy atom. The first-order valence-electron chi connectivity index (χ1n) is 10.4. The highest BCUT2D eigenvalue weighted by Crippen LogP contribution is 2.26. The molecule has 3 aromatic rings. The van der Waals surface area contributed by atoms with E-state index in [2.05, 4.69) is 22.4 Å². The van der Waals surface area contributed by atoms with Gasteiger partial charge in [0.25, 0.3) is 5.56 Å². The van der Waals surface area contributed by atoms with Gasteiger partial charge < -0.3 is 5.32 Å². The third kappa shape index (κ3) is 3.90. The summed E-state index contributed by atoms with van der Waals surface area (Å²) in [6.07, 6.45) is 6.37. The topological polar surface area (TPSA) is 81.3 Å². The minimum Gasteiger partial charge on any atom is -0.352 e.